The molecular weight excluding hydrogens is 262 g/mol. The Kier molecular flexibility index (Phi) is 5.10. The number of hydrogen-bond donors (Lipinski definition) is 1. The Morgan fingerprint density at radius 1 is 1.24 bits per heavy atom. The maximum absolute atomic E-state index is 6.13. The Morgan fingerprint density at radius 3 is 2.57 bits per heavy atom. The van der Waals surface area contributed by atoms with E-state index in [0.717, 1.165) is 24.4 Å². The van der Waals surface area contributed by atoms with Gasteiger partial charge in [-0.25, -0.2) is 0 Å². The summed E-state index contributed by atoms with van der Waals surface area (Å²) < 4.78 is 5.22. The first kappa shape index (κ1) is 15.7. The summed E-state index contributed by atoms with van der Waals surface area (Å²) in [6.45, 7) is 5.27. The number of methoxy groups -OCH3 is 1. The fourth-order valence-electron chi connectivity index (χ4n) is 2.97. The molecule has 1 aromatic rings. The van der Waals surface area contributed by atoms with Crippen molar-refractivity contribution in [2.24, 2.45) is 10.7 Å². The number of hydrogen-bond acceptors (Lipinski definition) is 4. The second-order valence-corrected chi connectivity index (χ2v) is 6.02. The van der Waals surface area contributed by atoms with E-state index in [9.17, 15) is 0 Å². The van der Waals surface area contributed by atoms with Crippen LogP contribution in [0.15, 0.2) is 29.3 Å². The van der Waals surface area contributed by atoms with E-state index in [1.165, 1.54) is 25.7 Å². The van der Waals surface area contributed by atoms with Crippen molar-refractivity contribution in [1.29, 1.82) is 0 Å². The van der Waals surface area contributed by atoms with Gasteiger partial charge in [0, 0.05) is 5.69 Å². The van der Waals surface area contributed by atoms with Crippen molar-refractivity contribution in [3.63, 3.8) is 0 Å². The van der Waals surface area contributed by atoms with Crippen LogP contribution in [0.1, 0.15) is 46.0 Å². The molecule has 1 aliphatic heterocycles. The average molecular weight is 289 g/mol. The molecule has 1 unspecified atom stereocenters. The van der Waals surface area contributed by atoms with Gasteiger partial charge in [0.1, 0.15) is 5.75 Å². The lowest BCUT2D eigenvalue weighted by Gasteiger charge is -2.36. The van der Waals surface area contributed by atoms with Crippen molar-refractivity contribution >= 4 is 11.6 Å². The fraction of sp³-hybridized carbons (Fsp3) is 0.588. The minimum Gasteiger partial charge on any atom is -0.497 e. The Labute approximate surface area is 128 Å². The molecule has 1 aliphatic rings. The van der Waals surface area contributed by atoms with Gasteiger partial charge in [-0.2, -0.15) is 0 Å². The molecule has 1 aromatic carbocycles. The van der Waals surface area contributed by atoms with Gasteiger partial charge in [-0.05, 0) is 37.6 Å². The number of rotatable bonds is 7. The Balaban J connectivity index is 2.11. The van der Waals surface area contributed by atoms with Crippen molar-refractivity contribution in [2.75, 3.05) is 18.6 Å². The molecule has 116 valence electrons. The molecular formula is C17H27N3O. The molecule has 0 saturated carbocycles. The zero-order chi connectivity index (χ0) is 15.3. The van der Waals surface area contributed by atoms with Crippen molar-refractivity contribution in [2.45, 2.75) is 51.5 Å². The van der Waals surface area contributed by atoms with E-state index >= 15 is 0 Å². The molecule has 2 N–H and O–H groups in total. The standard InChI is InChI=1S/C17H27N3O/c1-4-5-6-7-12-17(2)13-19-16(18)20(17)14-8-10-15(21-3)11-9-14/h8-11H,4-7,12-13H2,1-3H3,(H2,18,19). The smallest absolute Gasteiger partial charge is 0.196 e. The third-order valence-electron chi connectivity index (χ3n) is 4.25. The third-order valence-corrected chi connectivity index (χ3v) is 4.25. The molecule has 0 aromatic heterocycles. The molecule has 0 amide bonds. The Bertz CT molecular complexity index is 483. The molecule has 0 spiro atoms. The molecule has 1 atom stereocenters. The van der Waals surface area contributed by atoms with Gasteiger partial charge in [0.2, 0.25) is 0 Å². The van der Waals surface area contributed by atoms with Gasteiger partial charge in [0.05, 0.1) is 19.2 Å². The lowest BCUT2D eigenvalue weighted by molar-refractivity contribution is 0.414. The monoisotopic (exact) mass is 289 g/mol. The van der Waals surface area contributed by atoms with E-state index in [2.05, 4.69) is 35.9 Å². The zero-order valence-electron chi connectivity index (χ0n) is 13.4. The first-order chi connectivity index (χ1) is 10.1. The summed E-state index contributed by atoms with van der Waals surface area (Å²) in [4.78, 5) is 6.66. The lowest BCUT2D eigenvalue weighted by Crippen LogP contribution is -2.49. The van der Waals surface area contributed by atoms with Crippen molar-refractivity contribution in [1.82, 2.24) is 0 Å². The van der Waals surface area contributed by atoms with Crippen LogP contribution >= 0.6 is 0 Å². The highest BCUT2D eigenvalue weighted by Crippen LogP contribution is 2.33. The highest BCUT2D eigenvalue weighted by atomic mass is 16.5. The first-order valence-corrected chi connectivity index (χ1v) is 7.85. The molecule has 1 heterocycles. The minimum atomic E-state index is -0.00753. The molecule has 2 rings (SSSR count). The number of ether oxygens (including phenoxy) is 1. The number of nitrogens with two attached hydrogens (primary N) is 1. The van der Waals surface area contributed by atoms with Crippen LogP contribution in [0.2, 0.25) is 0 Å². The average Bonchev–Trinajstić information content (AvgIpc) is 2.80. The summed E-state index contributed by atoms with van der Waals surface area (Å²) in [7, 11) is 1.68. The van der Waals surface area contributed by atoms with Crippen LogP contribution in [0.5, 0.6) is 5.75 Å². The Morgan fingerprint density at radius 2 is 1.95 bits per heavy atom. The maximum atomic E-state index is 6.13. The SMILES string of the molecule is CCCCCCC1(C)CN=C(N)N1c1ccc(OC)cc1. The summed E-state index contributed by atoms with van der Waals surface area (Å²) in [5.41, 5.74) is 7.22. The van der Waals surface area contributed by atoms with Gasteiger partial charge in [-0.1, -0.05) is 32.6 Å². The molecule has 4 heteroatoms. The normalized spacial score (nSPS) is 21.5. The minimum absolute atomic E-state index is 0.00753. The third kappa shape index (κ3) is 3.49. The molecule has 0 bridgehead atoms. The summed E-state index contributed by atoms with van der Waals surface area (Å²) in [5.74, 6) is 1.48. The largest absolute Gasteiger partial charge is 0.497 e. The van der Waals surface area contributed by atoms with E-state index in [4.69, 9.17) is 10.5 Å². The van der Waals surface area contributed by atoms with Crippen LogP contribution < -0.4 is 15.4 Å². The van der Waals surface area contributed by atoms with Crippen LogP contribution in [0, 0.1) is 0 Å². The number of anilines is 1. The van der Waals surface area contributed by atoms with Crippen LogP contribution in [-0.4, -0.2) is 25.2 Å². The zero-order valence-corrected chi connectivity index (χ0v) is 13.4. The molecule has 4 nitrogen and oxygen atoms in total. The van der Waals surface area contributed by atoms with E-state index < -0.39 is 0 Å². The van der Waals surface area contributed by atoms with E-state index in [1.807, 2.05) is 12.1 Å². The second kappa shape index (κ2) is 6.83. The second-order valence-electron chi connectivity index (χ2n) is 6.02. The summed E-state index contributed by atoms with van der Waals surface area (Å²) in [6, 6.07) is 8.05. The fourth-order valence-corrected chi connectivity index (χ4v) is 2.97. The van der Waals surface area contributed by atoms with Gasteiger partial charge in [-0.15, -0.1) is 0 Å². The highest BCUT2D eigenvalue weighted by Gasteiger charge is 2.38. The van der Waals surface area contributed by atoms with Crippen LogP contribution in [0.3, 0.4) is 0 Å². The van der Waals surface area contributed by atoms with Crippen molar-refractivity contribution in [3.8, 4) is 5.75 Å². The van der Waals surface area contributed by atoms with Gasteiger partial charge in [0.25, 0.3) is 0 Å². The molecule has 0 radical (unpaired) electrons. The quantitative estimate of drug-likeness (QED) is 0.781. The predicted octanol–water partition coefficient (Wildman–Crippen LogP) is 3.56. The Hall–Kier alpha value is -1.71. The van der Waals surface area contributed by atoms with E-state index in [-0.39, 0.29) is 5.54 Å². The van der Waals surface area contributed by atoms with Gasteiger partial charge in [-0.3, -0.25) is 4.99 Å². The van der Waals surface area contributed by atoms with Crippen LogP contribution in [0.25, 0.3) is 0 Å². The number of guanidine groups is 1. The predicted molar refractivity (Wildman–Crippen MR) is 89.1 cm³/mol. The molecule has 21 heavy (non-hydrogen) atoms. The molecule has 0 aliphatic carbocycles. The molecule has 0 saturated heterocycles. The molecule has 0 fully saturated rings. The summed E-state index contributed by atoms with van der Waals surface area (Å²) in [5, 5.41) is 0. The number of unbranched alkanes of at least 4 members (excludes halogenated alkanes) is 3. The lowest BCUT2D eigenvalue weighted by atomic mass is 9.92. The van der Waals surface area contributed by atoms with E-state index in [0.29, 0.717) is 5.96 Å². The van der Waals surface area contributed by atoms with Crippen molar-refractivity contribution in [3.05, 3.63) is 24.3 Å². The summed E-state index contributed by atoms with van der Waals surface area (Å²) in [6.07, 6.45) is 6.18. The first-order valence-electron chi connectivity index (χ1n) is 7.85. The number of aliphatic imine (C=N–C) groups is 1. The summed E-state index contributed by atoms with van der Waals surface area (Å²) >= 11 is 0. The van der Waals surface area contributed by atoms with Gasteiger partial charge < -0.3 is 15.4 Å². The van der Waals surface area contributed by atoms with Crippen LogP contribution in [-0.2, 0) is 0 Å². The topological polar surface area (TPSA) is 50.8 Å². The van der Waals surface area contributed by atoms with Crippen molar-refractivity contribution < 1.29 is 4.74 Å². The van der Waals surface area contributed by atoms with Gasteiger partial charge in [0.15, 0.2) is 5.96 Å². The number of benzene rings is 1. The van der Waals surface area contributed by atoms with Crippen LogP contribution in [0.4, 0.5) is 5.69 Å². The van der Waals surface area contributed by atoms with E-state index in [1.54, 1.807) is 7.11 Å². The maximum Gasteiger partial charge on any atom is 0.196 e. The number of nitrogens with zero attached hydrogens (tertiary/aromatic N) is 2. The van der Waals surface area contributed by atoms with Gasteiger partial charge >= 0.3 is 0 Å². The highest BCUT2D eigenvalue weighted by molar-refractivity contribution is 5.98.